The first-order valence-electron chi connectivity index (χ1n) is 5.72. The van der Waals surface area contributed by atoms with Gasteiger partial charge in [0, 0.05) is 10.0 Å². The highest BCUT2D eigenvalue weighted by molar-refractivity contribution is 9.10. The van der Waals surface area contributed by atoms with E-state index in [2.05, 4.69) is 22.9 Å². The lowest BCUT2D eigenvalue weighted by molar-refractivity contribution is 0.0264. The summed E-state index contributed by atoms with van der Waals surface area (Å²) in [5.41, 5.74) is 0.600. The van der Waals surface area contributed by atoms with Crippen molar-refractivity contribution in [3.05, 3.63) is 28.2 Å². The minimum atomic E-state index is 0.174. The highest BCUT2D eigenvalue weighted by atomic mass is 79.9. The molecule has 0 aromatic heterocycles. The van der Waals surface area contributed by atoms with Crippen LogP contribution >= 0.6 is 15.9 Å². The van der Waals surface area contributed by atoms with E-state index in [4.69, 9.17) is 9.47 Å². The number of carbonyl (C=O) groups excluding carboxylic acids is 1. The average molecular weight is 299 g/mol. The second kappa shape index (κ2) is 5.65. The first kappa shape index (κ1) is 12.6. The lowest BCUT2D eigenvalue weighted by Crippen LogP contribution is -2.17. The highest BCUT2D eigenvalue weighted by Crippen LogP contribution is 2.23. The summed E-state index contributed by atoms with van der Waals surface area (Å²) in [5.74, 6) is 0.707. The van der Waals surface area contributed by atoms with E-state index in [9.17, 15) is 4.79 Å². The molecule has 1 aliphatic rings. The van der Waals surface area contributed by atoms with Gasteiger partial charge in [0.1, 0.15) is 12.4 Å². The molecule has 1 saturated heterocycles. The zero-order valence-corrected chi connectivity index (χ0v) is 11.3. The molecule has 1 aromatic rings. The first-order valence-corrected chi connectivity index (χ1v) is 6.51. The molecule has 0 saturated carbocycles. The molecular weight excluding hydrogens is 284 g/mol. The van der Waals surface area contributed by atoms with Gasteiger partial charge in [-0.2, -0.15) is 0 Å². The van der Waals surface area contributed by atoms with Crippen molar-refractivity contribution in [3.8, 4) is 5.75 Å². The van der Waals surface area contributed by atoms with E-state index in [0.29, 0.717) is 24.0 Å². The first-order chi connectivity index (χ1) is 8.19. The lowest BCUT2D eigenvalue weighted by atomic mass is 10.2. The van der Waals surface area contributed by atoms with Gasteiger partial charge in [0.05, 0.1) is 12.2 Å². The van der Waals surface area contributed by atoms with Crippen LogP contribution in [0.4, 0.5) is 0 Å². The quantitative estimate of drug-likeness (QED) is 0.801. The van der Waals surface area contributed by atoms with Crippen molar-refractivity contribution < 1.29 is 14.3 Å². The summed E-state index contributed by atoms with van der Waals surface area (Å²) in [7, 11) is 0. The van der Waals surface area contributed by atoms with Crippen LogP contribution in [0, 0.1) is 0 Å². The Labute approximate surface area is 109 Å². The minimum absolute atomic E-state index is 0.174. The maximum atomic E-state index is 10.8. The van der Waals surface area contributed by atoms with Crippen LogP contribution in [0.1, 0.15) is 30.1 Å². The molecule has 0 radical (unpaired) electrons. The zero-order chi connectivity index (χ0) is 12.3. The van der Waals surface area contributed by atoms with Gasteiger partial charge in [-0.15, -0.1) is 0 Å². The van der Waals surface area contributed by atoms with Gasteiger partial charge in [-0.05, 0) is 38.0 Å². The van der Waals surface area contributed by atoms with E-state index in [1.165, 1.54) is 0 Å². The van der Waals surface area contributed by atoms with Crippen LogP contribution in [0.5, 0.6) is 5.75 Å². The van der Waals surface area contributed by atoms with Crippen LogP contribution in [-0.2, 0) is 4.74 Å². The maximum Gasteiger partial charge on any atom is 0.151 e. The molecule has 0 spiro atoms. The highest BCUT2D eigenvalue weighted by Gasteiger charge is 2.22. The molecular formula is C13H15BrO3. The van der Waals surface area contributed by atoms with Crippen LogP contribution in [0.3, 0.4) is 0 Å². The molecule has 2 rings (SSSR count). The van der Waals surface area contributed by atoms with Gasteiger partial charge in [-0.3, -0.25) is 4.79 Å². The molecule has 3 nitrogen and oxygen atoms in total. The van der Waals surface area contributed by atoms with Gasteiger partial charge >= 0.3 is 0 Å². The number of aldehydes is 1. The number of halogens is 1. The second-order valence-electron chi connectivity index (χ2n) is 4.26. The molecule has 0 bridgehead atoms. The SMILES string of the molecule is CC1CCC(COc2ccc(Br)c(C=O)c2)O1. The molecule has 4 heteroatoms. The van der Waals surface area contributed by atoms with Crippen LogP contribution in [0.15, 0.2) is 22.7 Å². The average Bonchev–Trinajstić information content (AvgIpc) is 2.74. The molecule has 1 aromatic carbocycles. The van der Waals surface area contributed by atoms with E-state index < -0.39 is 0 Å². The van der Waals surface area contributed by atoms with Crippen molar-refractivity contribution in [2.24, 2.45) is 0 Å². The fourth-order valence-electron chi connectivity index (χ4n) is 1.90. The summed E-state index contributed by atoms with van der Waals surface area (Å²) < 4.78 is 12.1. The Bertz CT molecular complexity index is 406. The molecule has 2 atom stereocenters. The molecule has 1 fully saturated rings. The number of hydrogen-bond donors (Lipinski definition) is 0. The lowest BCUT2D eigenvalue weighted by Gasteiger charge is -2.13. The third-order valence-electron chi connectivity index (χ3n) is 2.85. The van der Waals surface area contributed by atoms with Crippen LogP contribution in [0.2, 0.25) is 0 Å². The van der Waals surface area contributed by atoms with Crippen molar-refractivity contribution in [1.82, 2.24) is 0 Å². The Kier molecular flexibility index (Phi) is 4.18. The molecule has 92 valence electrons. The van der Waals surface area contributed by atoms with E-state index >= 15 is 0 Å². The van der Waals surface area contributed by atoms with E-state index in [-0.39, 0.29) is 6.10 Å². The van der Waals surface area contributed by atoms with Crippen LogP contribution in [-0.4, -0.2) is 25.1 Å². The topological polar surface area (TPSA) is 35.5 Å². The second-order valence-corrected chi connectivity index (χ2v) is 5.11. The molecule has 1 aliphatic heterocycles. The summed E-state index contributed by atoms with van der Waals surface area (Å²) >= 11 is 3.30. The Morgan fingerprint density at radius 3 is 3.00 bits per heavy atom. The summed E-state index contributed by atoms with van der Waals surface area (Å²) in [6, 6.07) is 5.39. The van der Waals surface area contributed by atoms with Crippen LogP contribution < -0.4 is 4.74 Å². The third-order valence-corrected chi connectivity index (χ3v) is 3.57. The van der Waals surface area contributed by atoms with Crippen LogP contribution in [0.25, 0.3) is 0 Å². The number of benzene rings is 1. The van der Waals surface area contributed by atoms with Crippen molar-refractivity contribution >= 4 is 22.2 Å². The molecule has 0 N–H and O–H groups in total. The monoisotopic (exact) mass is 298 g/mol. The smallest absolute Gasteiger partial charge is 0.151 e. The normalized spacial score (nSPS) is 23.6. The third kappa shape index (κ3) is 3.30. The Morgan fingerprint density at radius 1 is 1.53 bits per heavy atom. The fourth-order valence-corrected chi connectivity index (χ4v) is 2.24. The molecule has 17 heavy (non-hydrogen) atoms. The van der Waals surface area contributed by atoms with Crippen molar-refractivity contribution in [1.29, 1.82) is 0 Å². The van der Waals surface area contributed by atoms with Crippen molar-refractivity contribution in [2.45, 2.75) is 32.0 Å². The standard InChI is InChI=1S/C13H15BrO3/c1-9-2-3-12(17-9)8-16-11-4-5-13(14)10(6-11)7-15/h4-7,9,12H,2-3,8H2,1H3. The van der Waals surface area contributed by atoms with Gasteiger partial charge in [0.2, 0.25) is 0 Å². The van der Waals surface area contributed by atoms with E-state index in [1.54, 1.807) is 6.07 Å². The number of hydrogen-bond acceptors (Lipinski definition) is 3. The van der Waals surface area contributed by atoms with Gasteiger partial charge in [-0.1, -0.05) is 15.9 Å². The Hall–Kier alpha value is -0.870. The molecule has 1 heterocycles. The largest absolute Gasteiger partial charge is 0.491 e. The number of ether oxygens (including phenoxy) is 2. The zero-order valence-electron chi connectivity index (χ0n) is 9.69. The van der Waals surface area contributed by atoms with E-state index in [1.807, 2.05) is 12.1 Å². The van der Waals surface area contributed by atoms with Crippen molar-refractivity contribution in [3.63, 3.8) is 0 Å². The van der Waals surface area contributed by atoms with Gasteiger partial charge in [-0.25, -0.2) is 0 Å². The minimum Gasteiger partial charge on any atom is -0.491 e. The summed E-state index contributed by atoms with van der Waals surface area (Å²) in [6.07, 6.45) is 3.45. The molecule has 0 amide bonds. The predicted molar refractivity (Wildman–Crippen MR) is 68.6 cm³/mol. The summed E-state index contributed by atoms with van der Waals surface area (Å²) in [4.78, 5) is 10.8. The van der Waals surface area contributed by atoms with Gasteiger partial charge in [0.15, 0.2) is 6.29 Å². The fraction of sp³-hybridized carbons (Fsp3) is 0.462. The Balaban J connectivity index is 1.92. The Morgan fingerprint density at radius 2 is 2.35 bits per heavy atom. The molecule has 0 aliphatic carbocycles. The summed E-state index contributed by atoms with van der Waals surface area (Å²) in [6.45, 7) is 2.62. The molecule has 2 unspecified atom stereocenters. The van der Waals surface area contributed by atoms with Crippen molar-refractivity contribution in [2.75, 3.05) is 6.61 Å². The predicted octanol–water partition coefficient (Wildman–Crippen LogP) is 3.21. The van der Waals surface area contributed by atoms with Gasteiger partial charge < -0.3 is 9.47 Å². The van der Waals surface area contributed by atoms with Gasteiger partial charge in [0.25, 0.3) is 0 Å². The number of rotatable bonds is 4. The number of carbonyl (C=O) groups is 1. The maximum absolute atomic E-state index is 10.8. The van der Waals surface area contributed by atoms with E-state index in [0.717, 1.165) is 23.6 Å². The summed E-state index contributed by atoms with van der Waals surface area (Å²) in [5, 5.41) is 0.